The van der Waals surface area contributed by atoms with E-state index in [1.165, 1.54) is 30.3 Å². The highest BCUT2D eigenvalue weighted by molar-refractivity contribution is 7.93. The van der Waals surface area contributed by atoms with Gasteiger partial charge in [0.05, 0.1) is 22.1 Å². The Morgan fingerprint density at radius 2 is 1.49 bits per heavy atom. The number of para-hydroxylation sites is 1. The van der Waals surface area contributed by atoms with Crippen molar-refractivity contribution in [3.8, 4) is 0 Å². The summed E-state index contributed by atoms with van der Waals surface area (Å²) >= 11 is 6.04. The summed E-state index contributed by atoms with van der Waals surface area (Å²) in [6, 6.07) is 18.0. The van der Waals surface area contributed by atoms with E-state index in [0.29, 0.717) is 22.1 Å². The molecule has 0 saturated heterocycles. The lowest BCUT2D eigenvalue weighted by Gasteiger charge is -2.13. The van der Waals surface area contributed by atoms with E-state index in [2.05, 4.69) is 4.72 Å². The van der Waals surface area contributed by atoms with Gasteiger partial charge in [0.15, 0.2) is 19.7 Å². The molecular weight excluding hydrogens is 534 g/mol. The van der Waals surface area contributed by atoms with Gasteiger partial charge < -0.3 is 4.42 Å². The van der Waals surface area contributed by atoms with E-state index in [9.17, 15) is 25.3 Å². The number of sulfonamides is 1. The van der Waals surface area contributed by atoms with Gasteiger partial charge in [-0.25, -0.2) is 16.8 Å². The van der Waals surface area contributed by atoms with Gasteiger partial charge in [0.1, 0.15) is 5.58 Å². The van der Waals surface area contributed by atoms with Crippen LogP contribution < -0.4 is 4.72 Å². The molecule has 0 spiro atoms. The molecule has 184 valence electrons. The van der Waals surface area contributed by atoms with Gasteiger partial charge in [-0.15, -0.1) is 0 Å². The third-order valence-corrected chi connectivity index (χ3v) is 9.02. The predicted octanol–water partition coefficient (Wildman–Crippen LogP) is 4.41. The van der Waals surface area contributed by atoms with E-state index in [0.717, 1.165) is 6.26 Å². The van der Waals surface area contributed by atoms with E-state index in [1.54, 1.807) is 42.5 Å². The number of furan rings is 1. The van der Waals surface area contributed by atoms with Crippen molar-refractivity contribution in [2.45, 2.75) is 21.5 Å². The molecule has 1 N–H and O–H groups in total. The molecule has 0 bridgehead atoms. The first kappa shape index (κ1) is 25.2. The van der Waals surface area contributed by atoms with Gasteiger partial charge in [-0.2, -0.15) is 8.42 Å². The first-order valence-corrected chi connectivity index (χ1v) is 15.7. The summed E-state index contributed by atoms with van der Waals surface area (Å²) in [4.78, 5) is -0.282. The molecule has 0 aliphatic carbocycles. The summed E-state index contributed by atoms with van der Waals surface area (Å²) < 4.78 is 83.4. The highest BCUT2D eigenvalue weighted by Crippen LogP contribution is 2.31. The number of sulfone groups is 2. The van der Waals surface area contributed by atoms with Crippen LogP contribution in [0.15, 0.2) is 87.2 Å². The van der Waals surface area contributed by atoms with Crippen LogP contribution in [0.4, 0.5) is 5.69 Å². The van der Waals surface area contributed by atoms with Crippen molar-refractivity contribution in [2.75, 3.05) is 11.0 Å². The Labute approximate surface area is 208 Å². The lowest BCUT2D eigenvalue weighted by Crippen LogP contribution is -2.16. The van der Waals surface area contributed by atoms with Crippen LogP contribution >= 0.6 is 11.6 Å². The molecule has 35 heavy (non-hydrogen) atoms. The SMILES string of the molecule is CS(=O)(=O)Cc1cccc(CS(=O)(=O)c2ccc(Cl)cc2NS(=O)(=O)c2cc3ccccc3o2)c1. The number of hydrogen-bond acceptors (Lipinski definition) is 7. The van der Waals surface area contributed by atoms with Crippen LogP contribution in [0.5, 0.6) is 0 Å². The Hall–Kier alpha value is -2.86. The average Bonchev–Trinajstić information content (AvgIpc) is 3.17. The molecule has 0 saturated carbocycles. The molecule has 0 atom stereocenters. The first-order valence-electron chi connectivity index (χ1n) is 10.1. The number of rotatable bonds is 8. The molecular formula is C23H20ClNO7S3. The van der Waals surface area contributed by atoms with Crippen molar-refractivity contribution in [3.05, 3.63) is 88.9 Å². The van der Waals surface area contributed by atoms with Crippen molar-refractivity contribution in [1.82, 2.24) is 0 Å². The van der Waals surface area contributed by atoms with Crippen LogP contribution in [-0.2, 0) is 41.2 Å². The van der Waals surface area contributed by atoms with Crippen LogP contribution in [0.3, 0.4) is 0 Å². The number of hydrogen-bond donors (Lipinski definition) is 1. The summed E-state index contributed by atoms with van der Waals surface area (Å²) in [5.41, 5.74) is 0.931. The molecule has 1 heterocycles. The molecule has 12 heteroatoms. The normalized spacial score (nSPS) is 12.6. The number of nitrogens with one attached hydrogen (secondary N) is 1. The van der Waals surface area contributed by atoms with Crippen molar-refractivity contribution in [2.24, 2.45) is 0 Å². The second-order valence-electron chi connectivity index (χ2n) is 8.00. The van der Waals surface area contributed by atoms with Gasteiger partial charge in [0.25, 0.3) is 10.0 Å². The Balaban J connectivity index is 1.68. The third-order valence-electron chi connectivity index (χ3n) is 4.97. The smallest absolute Gasteiger partial charge is 0.295 e. The third kappa shape index (κ3) is 6.04. The monoisotopic (exact) mass is 553 g/mol. The van der Waals surface area contributed by atoms with Gasteiger partial charge in [0, 0.05) is 22.7 Å². The summed E-state index contributed by atoms with van der Waals surface area (Å²) in [5.74, 6) is -0.712. The standard InChI is InChI=1S/C23H20ClNO7S3/c1-33(26,27)14-16-5-4-6-17(11-16)15-34(28,29)22-10-9-19(24)13-20(22)25-35(30,31)23-12-18-7-2-3-8-21(18)32-23/h2-13,25H,14-15H2,1H3. The van der Waals surface area contributed by atoms with Gasteiger partial charge >= 0.3 is 0 Å². The van der Waals surface area contributed by atoms with E-state index < -0.39 is 35.5 Å². The predicted molar refractivity (Wildman–Crippen MR) is 134 cm³/mol. The molecule has 3 aromatic carbocycles. The van der Waals surface area contributed by atoms with E-state index in [4.69, 9.17) is 16.0 Å². The zero-order valence-corrected chi connectivity index (χ0v) is 21.5. The molecule has 8 nitrogen and oxygen atoms in total. The minimum Gasteiger partial charge on any atom is -0.443 e. The number of anilines is 1. The molecule has 0 radical (unpaired) electrons. The number of halogens is 1. The molecule has 1 aromatic heterocycles. The van der Waals surface area contributed by atoms with E-state index >= 15 is 0 Å². The highest BCUT2D eigenvalue weighted by atomic mass is 35.5. The second-order valence-corrected chi connectivity index (χ2v) is 14.1. The molecule has 0 aliphatic rings. The Morgan fingerprint density at radius 1 is 0.800 bits per heavy atom. The lowest BCUT2D eigenvalue weighted by molar-refractivity contribution is 0.484. The quantitative estimate of drug-likeness (QED) is 0.342. The van der Waals surface area contributed by atoms with Crippen LogP contribution in [0.1, 0.15) is 11.1 Å². The van der Waals surface area contributed by atoms with Crippen molar-refractivity contribution in [1.29, 1.82) is 0 Å². The van der Waals surface area contributed by atoms with Crippen molar-refractivity contribution >= 4 is 58.0 Å². The lowest BCUT2D eigenvalue weighted by atomic mass is 10.2. The second kappa shape index (κ2) is 9.30. The molecule has 0 amide bonds. The molecule has 0 unspecified atom stereocenters. The summed E-state index contributed by atoms with van der Waals surface area (Å²) in [7, 11) is -11.7. The van der Waals surface area contributed by atoms with Crippen LogP contribution in [0.2, 0.25) is 5.02 Å². The summed E-state index contributed by atoms with van der Waals surface area (Å²) in [6.45, 7) is 0. The fourth-order valence-electron chi connectivity index (χ4n) is 3.55. The fraction of sp³-hybridized carbons (Fsp3) is 0.130. The highest BCUT2D eigenvalue weighted by Gasteiger charge is 2.26. The van der Waals surface area contributed by atoms with Crippen molar-refractivity contribution < 1.29 is 29.7 Å². The van der Waals surface area contributed by atoms with Crippen molar-refractivity contribution in [3.63, 3.8) is 0 Å². The zero-order valence-electron chi connectivity index (χ0n) is 18.3. The topological polar surface area (TPSA) is 128 Å². The van der Waals surface area contributed by atoms with E-state index in [1.807, 2.05) is 0 Å². The number of benzene rings is 3. The van der Waals surface area contributed by atoms with Crippen LogP contribution in [0.25, 0.3) is 11.0 Å². The largest absolute Gasteiger partial charge is 0.443 e. The summed E-state index contributed by atoms with van der Waals surface area (Å²) in [5, 5.41) is 0.317. The molecule has 0 aliphatic heterocycles. The maximum absolute atomic E-state index is 13.3. The Kier molecular flexibility index (Phi) is 6.71. The molecule has 4 rings (SSSR count). The minimum absolute atomic E-state index is 0.126. The Morgan fingerprint density at radius 3 is 2.17 bits per heavy atom. The van der Waals surface area contributed by atoms with Gasteiger partial charge in [0.2, 0.25) is 5.09 Å². The fourth-order valence-corrected chi connectivity index (χ4v) is 7.10. The summed E-state index contributed by atoms with van der Waals surface area (Å²) in [6.07, 6.45) is 1.09. The first-order chi connectivity index (χ1) is 16.3. The number of fused-ring (bicyclic) bond motifs is 1. The molecule has 0 fully saturated rings. The molecule has 4 aromatic rings. The van der Waals surface area contributed by atoms with Crippen LogP contribution in [0, 0.1) is 0 Å². The maximum atomic E-state index is 13.3. The Bertz CT molecular complexity index is 1710. The van der Waals surface area contributed by atoms with Crippen LogP contribution in [-0.4, -0.2) is 31.5 Å². The maximum Gasteiger partial charge on any atom is 0.295 e. The van der Waals surface area contributed by atoms with E-state index in [-0.39, 0.29) is 26.5 Å². The minimum atomic E-state index is -4.28. The van der Waals surface area contributed by atoms with Gasteiger partial charge in [-0.3, -0.25) is 4.72 Å². The average molecular weight is 554 g/mol. The zero-order chi connectivity index (χ0) is 25.4. The van der Waals surface area contributed by atoms with Gasteiger partial charge in [-0.1, -0.05) is 54.1 Å². The van der Waals surface area contributed by atoms with Gasteiger partial charge in [-0.05, 0) is 35.4 Å².